The Labute approximate surface area is 112 Å². The van der Waals surface area contributed by atoms with Crippen LogP contribution in [0.15, 0.2) is 41.8 Å². The van der Waals surface area contributed by atoms with Crippen molar-refractivity contribution in [2.75, 3.05) is 0 Å². The summed E-state index contributed by atoms with van der Waals surface area (Å²) in [6, 6.07) is 0. The minimum Gasteiger partial charge on any atom is -0.115 e. The summed E-state index contributed by atoms with van der Waals surface area (Å²) in [5.74, 6) is 8.39. The molecular weight excluding hydrogens is 272 g/mol. The molecule has 0 unspecified atom stereocenters. The molecule has 0 radical (unpaired) electrons. The first-order chi connectivity index (χ1) is 7.90. The van der Waals surface area contributed by atoms with Gasteiger partial charge in [0, 0.05) is 0 Å². The Morgan fingerprint density at radius 3 is 2.62 bits per heavy atom. The van der Waals surface area contributed by atoms with Crippen LogP contribution in [-0.4, -0.2) is 0 Å². The fourth-order valence-corrected chi connectivity index (χ4v) is 5.17. The zero-order chi connectivity index (χ0) is 11.2. The van der Waals surface area contributed by atoms with E-state index in [2.05, 4.69) is 34.0 Å². The van der Waals surface area contributed by atoms with E-state index in [1.165, 1.54) is 8.47 Å². The number of hydrogen-bond donors (Lipinski definition) is 0. The van der Waals surface area contributed by atoms with Crippen molar-refractivity contribution in [2.24, 2.45) is 0 Å². The van der Waals surface area contributed by atoms with Crippen LogP contribution in [0.1, 0.15) is 0 Å². The first kappa shape index (κ1) is 12.0. The van der Waals surface area contributed by atoms with Gasteiger partial charge in [0.05, 0.1) is 13.4 Å². The minimum absolute atomic E-state index is 1.09. The summed E-state index contributed by atoms with van der Waals surface area (Å²) in [4.78, 5) is 1.09. The molecule has 0 aromatic rings. The fourth-order valence-electron chi connectivity index (χ4n) is 0.906. The van der Waals surface area contributed by atoms with Crippen LogP contribution >= 0.6 is 47.0 Å². The van der Waals surface area contributed by atoms with Gasteiger partial charge < -0.3 is 0 Å². The molecule has 4 heteroatoms. The van der Waals surface area contributed by atoms with Crippen molar-refractivity contribution in [1.29, 1.82) is 0 Å². The Morgan fingerprint density at radius 2 is 1.88 bits per heavy atom. The number of allylic oxidation sites excluding steroid dienone is 3. The first-order valence-electron chi connectivity index (χ1n) is 4.30. The molecule has 0 saturated carbocycles. The van der Waals surface area contributed by atoms with Crippen molar-refractivity contribution in [3.05, 3.63) is 41.8 Å². The van der Waals surface area contributed by atoms with E-state index in [0.717, 1.165) is 4.91 Å². The maximum Gasteiger partial charge on any atom is 0.0707 e. The van der Waals surface area contributed by atoms with Crippen LogP contribution in [-0.2, 0) is 0 Å². The third-order valence-electron chi connectivity index (χ3n) is 1.51. The number of terminal acetylenes is 1. The summed E-state index contributed by atoms with van der Waals surface area (Å²) in [6.07, 6.45) is 8.37. The molecule has 2 heterocycles. The van der Waals surface area contributed by atoms with Gasteiger partial charge in [-0.25, -0.2) is 0 Å². The van der Waals surface area contributed by atoms with Crippen LogP contribution in [0.4, 0.5) is 0 Å². The molecule has 2 rings (SSSR count). The van der Waals surface area contributed by atoms with Gasteiger partial charge >= 0.3 is 0 Å². The van der Waals surface area contributed by atoms with E-state index < -0.39 is 0 Å². The quantitative estimate of drug-likeness (QED) is 0.595. The highest BCUT2D eigenvalue weighted by Gasteiger charge is 2.17. The lowest BCUT2D eigenvalue weighted by Crippen LogP contribution is -1.66. The summed E-state index contributed by atoms with van der Waals surface area (Å²) in [7, 11) is 0. The van der Waals surface area contributed by atoms with Crippen molar-refractivity contribution in [3.8, 4) is 24.2 Å². The molecule has 2 aliphatic rings. The zero-order valence-electron chi connectivity index (χ0n) is 8.10. The standard InChI is InChI=1S/C12H6S4/c1-2-3-4-5-6-10-9-15-12(16-10)11-13-7-8-14-11/h1,3-4,7-9H/b4-3+. The maximum absolute atomic E-state index is 5.08. The van der Waals surface area contributed by atoms with Crippen LogP contribution in [0.2, 0.25) is 0 Å². The summed E-state index contributed by atoms with van der Waals surface area (Å²) >= 11 is 7.02. The lowest BCUT2D eigenvalue weighted by molar-refractivity contribution is 2.09. The van der Waals surface area contributed by atoms with Crippen LogP contribution in [0.3, 0.4) is 0 Å². The van der Waals surface area contributed by atoms with E-state index in [1.54, 1.807) is 59.2 Å². The van der Waals surface area contributed by atoms with Gasteiger partial charge in [-0.1, -0.05) is 64.8 Å². The fraction of sp³-hybridized carbons (Fsp3) is 0. The molecule has 0 aromatic carbocycles. The molecule has 0 spiro atoms. The summed E-state index contributed by atoms with van der Waals surface area (Å²) < 4.78 is 2.67. The second-order valence-corrected chi connectivity index (χ2v) is 6.84. The number of rotatable bonds is 0. The van der Waals surface area contributed by atoms with Gasteiger partial charge in [-0.3, -0.25) is 0 Å². The topological polar surface area (TPSA) is 0 Å². The largest absolute Gasteiger partial charge is 0.115 e. The molecule has 0 bridgehead atoms. The summed E-state index contributed by atoms with van der Waals surface area (Å²) in [5, 5.41) is 6.30. The predicted molar refractivity (Wildman–Crippen MR) is 80.4 cm³/mol. The van der Waals surface area contributed by atoms with Gasteiger partial charge in [0.1, 0.15) is 0 Å². The first-order valence-corrected chi connectivity index (χ1v) is 7.75. The molecule has 2 aliphatic heterocycles. The van der Waals surface area contributed by atoms with Crippen LogP contribution in [0, 0.1) is 24.2 Å². The molecule has 0 nitrogen and oxygen atoms in total. The van der Waals surface area contributed by atoms with Crippen LogP contribution < -0.4 is 0 Å². The highest BCUT2D eigenvalue weighted by atomic mass is 32.2. The molecule has 0 aromatic heterocycles. The van der Waals surface area contributed by atoms with E-state index in [-0.39, 0.29) is 0 Å². The van der Waals surface area contributed by atoms with Crippen molar-refractivity contribution < 1.29 is 0 Å². The molecule has 0 atom stereocenters. The highest BCUT2D eigenvalue weighted by molar-refractivity contribution is 8.33. The van der Waals surface area contributed by atoms with Gasteiger partial charge in [-0.05, 0) is 28.4 Å². The average Bonchev–Trinajstić information content (AvgIpc) is 2.94. The molecule has 0 aliphatic carbocycles. The van der Waals surface area contributed by atoms with Crippen molar-refractivity contribution in [2.45, 2.75) is 0 Å². The molecular formula is C12H6S4. The van der Waals surface area contributed by atoms with Gasteiger partial charge in [-0.15, -0.1) is 6.42 Å². The van der Waals surface area contributed by atoms with E-state index in [1.807, 2.05) is 0 Å². The van der Waals surface area contributed by atoms with E-state index >= 15 is 0 Å². The van der Waals surface area contributed by atoms with Crippen molar-refractivity contribution in [1.82, 2.24) is 0 Å². The Bertz CT molecular complexity index is 493. The van der Waals surface area contributed by atoms with Gasteiger partial charge in [0.2, 0.25) is 0 Å². The molecule has 78 valence electrons. The molecule has 0 saturated heterocycles. The van der Waals surface area contributed by atoms with E-state index in [0.29, 0.717) is 0 Å². The number of hydrogen-bond acceptors (Lipinski definition) is 4. The van der Waals surface area contributed by atoms with Crippen LogP contribution in [0.5, 0.6) is 0 Å². The molecule has 16 heavy (non-hydrogen) atoms. The summed E-state index contributed by atoms with van der Waals surface area (Å²) in [6.45, 7) is 0. The maximum atomic E-state index is 5.08. The lowest BCUT2D eigenvalue weighted by Gasteiger charge is -1.98. The molecule has 0 fully saturated rings. The van der Waals surface area contributed by atoms with Gasteiger partial charge in [-0.2, -0.15) is 0 Å². The van der Waals surface area contributed by atoms with Gasteiger partial charge in [0.15, 0.2) is 0 Å². The minimum atomic E-state index is 1.09. The zero-order valence-corrected chi connectivity index (χ0v) is 11.4. The second kappa shape index (κ2) is 6.27. The SMILES string of the molecule is C#C/C=C/C#CC1=CSC(=C2SC=CS2)S1. The monoisotopic (exact) mass is 278 g/mol. The Morgan fingerprint density at radius 1 is 1.06 bits per heavy atom. The normalized spacial score (nSPS) is 18.6. The smallest absolute Gasteiger partial charge is 0.0707 e. The Hall–Kier alpha value is -0.520. The predicted octanol–water partition coefficient (Wildman–Crippen LogP) is 4.58. The Balaban J connectivity index is 1.97. The third kappa shape index (κ3) is 3.23. The summed E-state index contributed by atoms with van der Waals surface area (Å²) in [5.41, 5.74) is 0. The third-order valence-corrected chi connectivity index (χ3v) is 6.44. The van der Waals surface area contributed by atoms with Crippen molar-refractivity contribution in [3.63, 3.8) is 0 Å². The second-order valence-electron chi connectivity index (χ2n) is 2.55. The average molecular weight is 278 g/mol. The molecule has 0 amide bonds. The van der Waals surface area contributed by atoms with Crippen LogP contribution in [0.25, 0.3) is 0 Å². The Kier molecular flexibility index (Phi) is 4.69. The number of thioether (sulfide) groups is 4. The van der Waals surface area contributed by atoms with Gasteiger partial charge in [0.25, 0.3) is 0 Å². The lowest BCUT2D eigenvalue weighted by atomic mass is 10.5. The molecule has 0 N–H and O–H groups in total. The highest BCUT2D eigenvalue weighted by Crippen LogP contribution is 2.52. The van der Waals surface area contributed by atoms with E-state index in [9.17, 15) is 0 Å². The van der Waals surface area contributed by atoms with Crippen molar-refractivity contribution >= 4 is 47.0 Å². The van der Waals surface area contributed by atoms with E-state index in [4.69, 9.17) is 6.42 Å².